The summed E-state index contributed by atoms with van der Waals surface area (Å²) in [6.07, 6.45) is 3.51. The molecular formula is C9H18N2O. The first-order valence-corrected chi connectivity index (χ1v) is 4.06. The fourth-order valence-electron chi connectivity index (χ4n) is 0.493. The van der Waals surface area contributed by atoms with Gasteiger partial charge in [-0.15, -0.1) is 0 Å². The predicted molar refractivity (Wildman–Crippen MR) is 50.4 cm³/mol. The van der Waals surface area contributed by atoms with Gasteiger partial charge in [-0.2, -0.15) is 0 Å². The van der Waals surface area contributed by atoms with Crippen molar-refractivity contribution in [2.75, 3.05) is 0 Å². The summed E-state index contributed by atoms with van der Waals surface area (Å²) in [6.45, 7) is 7.76. The van der Waals surface area contributed by atoms with Crippen molar-refractivity contribution in [1.29, 1.82) is 0 Å². The van der Waals surface area contributed by atoms with Gasteiger partial charge in [0.05, 0.1) is 5.92 Å². The van der Waals surface area contributed by atoms with Crippen molar-refractivity contribution in [3.8, 4) is 0 Å². The molecule has 1 heterocycles. The number of hydrogen-bond donors (Lipinski definition) is 2. The molecule has 0 aromatic heterocycles. The number of carbonyl (C=O) groups excluding carboxylic acids is 1. The molecule has 0 fully saturated rings. The van der Waals surface area contributed by atoms with Crippen LogP contribution in [0, 0.1) is 5.92 Å². The molecule has 0 spiro atoms. The fourth-order valence-corrected chi connectivity index (χ4v) is 0.493. The second-order valence-electron chi connectivity index (χ2n) is 4.02. The zero-order valence-corrected chi connectivity index (χ0v) is 8.22. The van der Waals surface area contributed by atoms with E-state index in [0.717, 1.165) is 0 Å². The van der Waals surface area contributed by atoms with Gasteiger partial charge in [0.1, 0.15) is 0 Å². The third kappa shape index (κ3) is 7.28. The lowest BCUT2D eigenvalue weighted by atomic mass is 10.1. The molecule has 1 unspecified atom stereocenters. The average Bonchev–Trinajstić information content (AvgIpc) is 2.12. The Labute approximate surface area is 74.0 Å². The molecule has 1 atom stereocenters. The number of carbonyl (C=O) groups is 1. The van der Waals surface area contributed by atoms with Gasteiger partial charge in [-0.25, -0.2) is 0 Å². The van der Waals surface area contributed by atoms with Crippen LogP contribution in [-0.4, -0.2) is 11.4 Å². The van der Waals surface area contributed by atoms with Crippen LogP contribution in [0.3, 0.4) is 0 Å². The molecule has 0 aromatic carbocycles. The van der Waals surface area contributed by atoms with Crippen LogP contribution in [0.15, 0.2) is 12.3 Å². The summed E-state index contributed by atoms with van der Waals surface area (Å²) >= 11 is 0. The number of rotatable bonds is 0. The Hall–Kier alpha value is -0.830. The lowest BCUT2D eigenvalue weighted by molar-refractivity contribution is -0.121. The van der Waals surface area contributed by atoms with Crippen LogP contribution in [0.25, 0.3) is 0 Å². The van der Waals surface area contributed by atoms with Gasteiger partial charge in [0.15, 0.2) is 0 Å². The van der Waals surface area contributed by atoms with Crippen LogP contribution in [0.2, 0.25) is 0 Å². The minimum Gasteiger partial charge on any atom is -0.332 e. The maximum absolute atomic E-state index is 10.4. The minimum atomic E-state index is 0. The van der Waals surface area contributed by atoms with Crippen LogP contribution in [0.5, 0.6) is 0 Å². The minimum absolute atomic E-state index is 0. The van der Waals surface area contributed by atoms with Crippen molar-refractivity contribution in [2.45, 2.75) is 33.2 Å². The van der Waals surface area contributed by atoms with Crippen LogP contribution in [0.1, 0.15) is 27.7 Å². The topological polar surface area (TPSA) is 55.1 Å². The lowest BCUT2D eigenvalue weighted by Crippen LogP contribution is -2.26. The molecule has 0 saturated heterocycles. The molecule has 0 saturated carbocycles. The van der Waals surface area contributed by atoms with Crippen LogP contribution in [-0.2, 0) is 4.79 Å². The molecule has 70 valence electrons. The second kappa shape index (κ2) is 4.26. The maximum Gasteiger partial charge on any atom is 0.230 e. The monoisotopic (exact) mass is 170 g/mol. The molecule has 0 radical (unpaired) electrons. The van der Waals surface area contributed by atoms with Crippen molar-refractivity contribution in [3.63, 3.8) is 0 Å². The quantitative estimate of drug-likeness (QED) is 0.570. The summed E-state index contributed by atoms with van der Waals surface area (Å²) in [7, 11) is 0. The van der Waals surface area contributed by atoms with Gasteiger partial charge in [-0.3, -0.25) is 4.79 Å². The molecule has 12 heavy (non-hydrogen) atoms. The summed E-state index contributed by atoms with van der Waals surface area (Å²) in [5.74, 6) is 0.181. The van der Waals surface area contributed by atoms with Gasteiger partial charge in [-0.05, 0) is 20.8 Å². The average molecular weight is 170 g/mol. The van der Waals surface area contributed by atoms with E-state index in [1.54, 1.807) is 6.20 Å². The number of nitrogens with one attached hydrogen (secondary N) is 1. The van der Waals surface area contributed by atoms with Crippen LogP contribution < -0.4 is 11.1 Å². The van der Waals surface area contributed by atoms with Crippen molar-refractivity contribution in [3.05, 3.63) is 12.3 Å². The second-order valence-corrected chi connectivity index (χ2v) is 4.02. The first kappa shape index (κ1) is 11.2. The summed E-state index contributed by atoms with van der Waals surface area (Å²) in [5, 5.41) is 2.55. The number of nitrogens with two attached hydrogens (primary N) is 1. The van der Waals surface area contributed by atoms with E-state index in [2.05, 4.69) is 5.32 Å². The van der Waals surface area contributed by atoms with E-state index in [4.69, 9.17) is 5.73 Å². The number of hydrogen-bond acceptors (Lipinski definition) is 2. The van der Waals surface area contributed by atoms with Crippen LogP contribution >= 0.6 is 0 Å². The third-order valence-corrected chi connectivity index (χ3v) is 1.02. The Bertz CT molecular complexity index is 173. The normalized spacial score (nSPS) is 21.4. The van der Waals surface area contributed by atoms with Gasteiger partial charge in [0.25, 0.3) is 0 Å². The Morgan fingerprint density at radius 1 is 1.50 bits per heavy atom. The summed E-state index contributed by atoms with van der Waals surface area (Å²) < 4.78 is 0. The molecule has 0 bridgehead atoms. The standard InChI is InChI=1S/C5H7NO.C4H11N/c1-4-2-3-6-5(4)7;1-4(2,3)5/h2-4H,1H3,(H,6,7);5H2,1-3H3. The highest BCUT2D eigenvalue weighted by Gasteiger charge is 2.11. The lowest BCUT2D eigenvalue weighted by Gasteiger charge is -2.06. The van der Waals surface area contributed by atoms with E-state index in [0.29, 0.717) is 0 Å². The zero-order chi connectivity index (χ0) is 9.78. The first-order chi connectivity index (χ1) is 5.30. The van der Waals surface area contributed by atoms with E-state index in [1.165, 1.54) is 0 Å². The molecule has 3 N–H and O–H groups in total. The van der Waals surface area contributed by atoms with Gasteiger partial charge in [0.2, 0.25) is 5.91 Å². The highest BCUT2D eigenvalue weighted by atomic mass is 16.1. The Kier molecular flexibility index (Phi) is 3.96. The highest BCUT2D eigenvalue weighted by molar-refractivity contribution is 5.83. The molecule has 1 amide bonds. The maximum atomic E-state index is 10.4. The Balaban J connectivity index is 0.000000217. The molecule has 0 aliphatic carbocycles. The van der Waals surface area contributed by atoms with E-state index in [9.17, 15) is 4.79 Å². The van der Waals surface area contributed by atoms with Gasteiger partial charge >= 0.3 is 0 Å². The summed E-state index contributed by atoms with van der Waals surface area (Å²) in [6, 6.07) is 0. The van der Waals surface area contributed by atoms with E-state index >= 15 is 0 Å². The number of amides is 1. The van der Waals surface area contributed by atoms with Gasteiger partial charge < -0.3 is 11.1 Å². The van der Waals surface area contributed by atoms with Crippen molar-refractivity contribution in [2.24, 2.45) is 11.7 Å². The van der Waals surface area contributed by atoms with Crippen molar-refractivity contribution in [1.82, 2.24) is 5.32 Å². The molecule has 3 heteroatoms. The zero-order valence-electron chi connectivity index (χ0n) is 8.22. The Morgan fingerprint density at radius 2 is 1.92 bits per heavy atom. The molecule has 3 nitrogen and oxygen atoms in total. The largest absolute Gasteiger partial charge is 0.332 e. The molecule has 0 aromatic rings. The molecule has 1 rings (SSSR count). The van der Waals surface area contributed by atoms with E-state index in [1.807, 2.05) is 33.8 Å². The highest BCUT2D eigenvalue weighted by Crippen LogP contribution is 2.00. The van der Waals surface area contributed by atoms with Crippen molar-refractivity contribution >= 4 is 5.91 Å². The predicted octanol–water partition coefficient (Wildman–Crippen LogP) is 1.01. The van der Waals surface area contributed by atoms with Crippen LogP contribution in [0.4, 0.5) is 0 Å². The SMILES string of the molecule is CC(C)(C)N.CC1C=CNC1=O. The molecule has 1 aliphatic heterocycles. The van der Waals surface area contributed by atoms with Gasteiger partial charge in [0, 0.05) is 11.7 Å². The summed E-state index contributed by atoms with van der Waals surface area (Å²) in [4.78, 5) is 10.4. The molecular weight excluding hydrogens is 152 g/mol. The smallest absolute Gasteiger partial charge is 0.230 e. The fraction of sp³-hybridized carbons (Fsp3) is 0.667. The van der Waals surface area contributed by atoms with E-state index < -0.39 is 0 Å². The molecule has 1 aliphatic rings. The summed E-state index contributed by atoms with van der Waals surface area (Å²) in [5.41, 5.74) is 5.35. The Morgan fingerprint density at radius 3 is 2.00 bits per heavy atom. The third-order valence-electron chi connectivity index (χ3n) is 1.02. The first-order valence-electron chi connectivity index (χ1n) is 4.06. The van der Waals surface area contributed by atoms with Gasteiger partial charge in [-0.1, -0.05) is 13.0 Å². The van der Waals surface area contributed by atoms with Crippen molar-refractivity contribution < 1.29 is 4.79 Å². The van der Waals surface area contributed by atoms with E-state index in [-0.39, 0.29) is 17.4 Å².